The Morgan fingerprint density at radius 2 is 2.39 bits per heavy atom. The molecule has 2 aromatic rings. The van der Waals surface area contributed by atoms with Gasteiger partial charge < -0.3 is 9.84 Å². The lowest BCUT2D eigenvalue weighted by Gasteiger charge is -2.01. The van der Waals surface area contributed by atoms with Crippen LogP contribution in [0.4, 0.5) is 0 Å². The molecule has 0 aliphatic carbocycles. The van der Waals surface area contributed by atoms with Crippen molar-refractivity contribution in [3.05, 3.63) is 35.8 Å². The summed E-state index contributed by atoms with van der Waals surface area (Å²) in [6.07, 6.45) is 3.18. The molecule has 0 aromatic carbocycles. The molecular weight excluding hydrogens is 232 g/mol. The Morgan fingerprint density at radius 1 is 1.56 bits per heavy atom. The van der Waals surface area contributed by atoms with Gasteiger partial charge in [0.15, 0.2) is 0 Å². The summed E-state index contributed by atoms with van der Waals surface area (Å²) in [5.74, 6) is 4.57. The minimum Gasteiger partial charge on any atom is -0.477 e. The molecule has 0 unspecified atom stereocenters. The molecule has 0 aliphatic rings. The molecule has 0 saturated carbocycles. The summed E-state index contributed by atoms with van der Waals surface area (Å²) in [5, 5.41) is 9.72. The van der Waals surface area contributed by atoms with Gasteiger partial charge in [-0.15, -0.1) is 0 Å². The maximum Gasteiger partial charge on any atom is 0.354 e. The Morgan fingerprint density at radius 3 is 3.11 bits per heavy atom. The minimum atomic E-state index is -1.08. The third-order valence-electron chi connectivity index (χ3n) is 2.27. The molecule has 0 atom stereocenters. The molecule has 0 amide bonds. The van der Waals surface area contributed by atoms with Crippen molar-refractivity contribution < 1.29 is 14.6 Å². The van der Waals surface area contributed by atoms with Gasteiger partial charge in [0.05, 0.1) is 5.52 Å². The van der Waals surface area contributed by atoms with Gasteiger partial charge in [0.2, 0.25) is 0 Å². The number of methoxy groups -OCH3 is 1. The number of nitrogens with zero attached hydrogens (tertiary/aromatic N) is 2. The lowest BCUT2D eigenvalue weighted by molar-refractivity contribution is 0.0691. The van der Waals surface area contributed by atoms with E-state index in [0.29, 0.717) is 11.1 Å². The molecule has 0 bridgehead atoms. The Hall–Kier alpha value is -2.45. The normalized spacial score (nSPS) is 9.83. The van der Waals surface area contributed by atoms with Crippen LogP contribution in [0.15, 0.2) is 24.5 Å². The Bertz CT molecular complexity index is 656. The summed E-state index contributed by atoms with van der Waals surface area (Å²) in [4.78, 5) is 19.0. The van der Waals surface area contributed by atoms with E-state index < -0.39 is 5.97 Å². The first-order chi connectivity index (χ1) is 8.72. The van der Waals surface area contributed by atoms with Gasteiger partial charge in [0, 0.05) is 30.5 Å². The number of fused-ring (bicyclic) bond motifs is 1. The van der Waals surface area contributed by atoms with E-state index in [1.807, 2.05) is 0 Å². The molecule has 0 aliphatic heterocycles. The Balaban J connectivity index is 2.62. The van der Waals surface area contributed by atoms with Crippen LogP contribution < -0.4 is 0 Å². The summed E-state index contributed by atoms with van der Waals surface area (Å²) in [6.45, 7) is 0.284. The van der Waals surface area contributed by atoms with Crippen LogP contribution in [0.3, 0.4) is 0 Å². The van der Waals surface area contributed by atoms with Crippen LogP contribution in [-0.4, -0.2) is 34.8 Å². The number of ether oxygens (including phenoxy) is 1. The molecule has 2 heterocycles. The lowest BCUT2D eigenvalue weighted by Crippen LogP contribution is -2.01. The molecule has 0 fully saturated rings. The van der Waals surface area contributed by atoms with E-state index in [0.717, 1.165) is 5.39 Å². The molecule has 90 valence electrons. The molecule has 0 saturated heterocycles. The molecule has 5 nitrogen and oxygen atoms in total. The molecule has 0 spiro atoms. The monoisotopic (exact) mass is 242 g/mol. The van der Waals surface area contributed by atoms with Crippen LogP contribution in [0, 0.1) is 11.8 Å². The van der Waals surface area contributed by atoms with Crippen molar-refractivity contribution in [1.82, 2.24) is 9.97 Å². The van der Waals surface area contributed by atoms with Crippen molar-refractivity contribution in [2.45, 2.75) is 0 Å². The molecule has 1 N–H and O–H groups in total. The number of rotatable bonds is 2. The maximum atomic E-state index is 11.0. The van der Waals surface area contributed by atoms with Gasteiger partial charge in [-0.05, 0) is 12.1 Å². The fourth-order valence-electron chi connectivity index (χ4n) is 1.49. The van der Waals surface area contributed by atoms with Gasteiger partial charge in [-0.25, -0.2) is 9.78 Å². The molecular formula is C13H10N2O3. The highest BCUT2D eigenvalue weighted by molar-refractivity contribution is 5.92. The standard InChI is InChI=1S/C13H10N2O3/c1-18-6-2-3-9-7-12(13(16)17)15-11-4-5-14-8-10(9)11/h4-5,7-8H,6H2,1H3,(H,16,17). The first-order valence-corrected chi connectivity index (χ1v) is 5.18. The zero-order chi connectivity index (χ0) is 13.0. The average molecular weight is 242 g/mol. The van der Waals surface area contributed by atoms with Gasteiger partial charge in [-0.1, -0.05) is 11.8 Å². The Kier molecular flexibility index (Phi) is 3.51. The summed E-state index contributed by atoms with van der Waals surface area (Å²) < 4.78 is 4.83. The number of carboxylic acids is 1. The number of aromatic nitrogens is 2. The summed E-state index contributed by atoms with van der Waals surface area (Å²) in [7, 11) is 1.55. The lowest BCUT2D eigenvalue weighted by atomic mass is 10.1. The van der Waals surface area contributed by atoms with Crippen LogP contribution in [0.2, 0.25) is 0 Å². The second kappa shape index (κ2) is 5.25. The molecule has 2 aromatic heterocycles. The smallest absolute Gasteiger partial charge is 0.354 e. The van der Waals surface area contributed by atoms with Gasteiger partial charge in [-0.2, -0.15) is 0 Å². The van der Waals surface area contributed by atoms with Crippen molar-refractivity contribution >= 4 is 16.9 Å². The quantitative estimate of drug-likeness (QED) is 0.804. The summed E-state index contributed by atoms with van der Waals surface area (Å²) >= 11 is 0. The number of aromatic carboxylic acids is 1. The first kappa shape index (κ1) is 12.0. The van der Waals surface area contributed by atoms with E-state index in [4.69, 9.17) is 9.84 Å². The maximum absolute atomic E-state index is 11.0. The average Bonchev–Trinajstić information content (AvgIpc) is 2.38. The highest BCUT2D eigenvalue weighted by atomic mass is 16.5. The zero-order valence-corrected chi connectivity index (χ0v) is 9.67. The third kappa shape index (κ3) is 2.44. The van der Waals surface area contributed by atoms with Gasteiger partial charge in [0.1, 0.15) is 12.3 Å². The SMILES string of the molecule is COCC#Cc1cc(C(=O)O)nc2ccncc12. The number of pyridine rings is 2. The predicted molar refractivity (Wildman–Crippen MR) is 65.3 cm³/mol. The highest BCUT2D eigenvalue weighted by Gasteiger charge is 2.09. The van der Waals surface area contributed by atoms with Crippen LogP contribution in [0.5, 0.6) is 0 Å². The number of hydrogen-bond donors (Lipinski definition) is 1. The fraction of sp³-hybridized carbons (Fsp3) is 0.154. The van der Waals surface area contributed by atoms with Crippen molar-refractivity contribution in [1.29, 1.82) is 0 Å². The minimum absolute atomic E-state index is 0.0320. The van der Waals surface area contributed by atoms with Gasteiger partial charge in [0.25, 0.3) is 0 Å². The van der Waals surface area contributed by atoms with Crippen LogP contribution in [0.1, 0.15) is 16.1 Å². The van der Waals surface area contributed by atoms with Gasteiger partial charge >= 0.3 is 5.97 Å². The van der Waals surface area contributed by atoms with E-state index in [-0.39, 0.29) is 12.3 Å². The molecule has 5 heteroatoms. The fourth-order valence-corrected chi connectivity index (χ4v) is 1.49. The van der Waals surface area contributed by atoms with E-state index >= 15 is 0 Å². The van der Waals surface area contributed by atoms with E-state index in [1.165, 1.54) is 6.07 Å². The largest absolute Gasteiger partial charge is 0.477 e. The summed E-state index contributed by atoms with van der Waals surface area (Å²) in [5.41, 5.74) is 1.12. The molecule has 0 radical (unpaired) electrons. The predicted octanol–water partition coefficient (Wildman–Crippen LogP) is 1.33. The van der Waals surface area contributed by atoms with Crippen LogP contribution >= 0.6 is 0 Å². The van der Waals surface area contributed by atoms with Crippen molar-refractivity contribution in [3.8, 4) is 11.8 Å². The number of carbonyl (C=O) groups is 1. The van der Waals surface area contributed by atoms with Crippen LogP contribution in [-0.2, 0) is 4.74 Å². The zero-order valence-electron chi connectivity index (χ0n) is 9.67. The summed E-state index contributed by atoms with van der Waals surface area (Å²) in [6, 6.07) is 3.10. The second-order valence-corrected chi connectivity index (χ2v) is 3.49. The Labute approximate surface area is 103 Å². The van der Waals surface area contributed by atoms with E-state index in [1.54, 1.807) is 25.6 Å². The second-order valence-electron chi connectivity index (χ2n) is 3.49. The number of hydrogen-bond acceptors (Lipinski definition) is 4. The molecule has 2 rings (SSSR count). The van der Waals surface area contributed by atoms with Crippen molar-refractivity contribution in [2.24, 2.45) is 0 Å². The van der Waals surface area contributed by atoms with E-state index in [9.17, 15) is 4.79 Å². The number of carboxylic acid groups (broad SMARTS) is 1. The third-order valence-corrected chi connectivity index (χ3v) is 2.27. The van der Waals surface area contributed by atoms with Crippen LogP contribution in [0.25, 0.3) is 10.9 Å². The van der Waals surface area contributed by atoms with Crippen molar-refractivity contribution in [2.75, 3.05) is 13.7 Å². The molecule has 18 heavy (non-hydrogen) atoms. The van der Waals surface area contributed by atoms with E-state index in [2.05, 4.69) is 21.8 Å². The topological polar surface area (TPSA) is 72.3 Å². The first-order valence-electron chi connectivity index (χ1n) is 5.18. The van der Waals surface area contributed by atoms with Gasteiger partial charge in [-0.3, -0.25) is 4.98 Å². The highest BCUT2D eigenvalue weighted by Crippen LogP contribution is 2.16. The van der Waals surface area contributed by atoms with Crippen molar-refractivity contribution in [3.63, 3.8) is 0 Å².